The molecule has 0 bridgehead atoms. The number of nitriles is 1. The molecule has 0 radical (unpaired) electrons. The van der Waals surface area contributed by atoms with Gasteiger partial charge in [-0.1, -0.05) is 0 Å². The van der Waals surface area contributed by atoms with E-state index in [4.69, 9.17) is 5.26 Å². The summed E-state index contributed by atoms with van der Waals surface area (Å²) in [6.45, 7) is 5.40. The highest BCUT2D eigenvalue weighted by Crippen LogP contribution is 2.17. The summed E-state index contributed by atoms with van der Waals surface area (Å²) in [7, 11) is 0. The third-order valence-corrected chi connectivity index (χ3v) is 2.85. The van der Waals surface area contributed by atoms with Gasteiger partial charge in [-0.2, -0.15) is 5.26 Å². The molecule has 1 aliphatic rings. The summed E-state index contributed by atoms with van der Waals surface area (Å²) < 4.78 is 0. The lowest BCUT2D eigenvalue weighted by Crippen LogP contribution is -2.40. The number of amides is 1. The van der Waals surface area contributed by atoms with Gasteiger partial charge in [0, 0.05) is 25.4 Å². The van der Waals surface area contributed by atoms with Crippen LogP contribution in [0, 0.1) is 17.2 Å². The van der Waals surface area contributed by atoms with Gasteiger partial charge in [-0.25, -0.2) is 0 Å². The van der Waals surface area contributed by atoms with Crippen LogP contribution < -0.4 is 5.32 Å². The molecule has 4 nitrogen and oxygen atoms in total. The second-order valence-corrected chi connectivity index (χ2v) is 3.92. The zero-order valence-corrected chi connectivity index (χ0v) is 9.33. The van der Waals surface area contributed by atoms with E-state index in [0.29, 0.717) is 13.0 Å². The predicted octanol–water partition coefficient (Wildman–Crippen LogP) is 0.748. The standard InChI is InChI=1S/C11H19N3O/c1-2-13-11(15)10-4-8-14(9-5-10)7-3-6-12/h10H,2-5,7-9H2,1H3,(H,13,15). The Hall–Kier alpha value is -1.08. The van der Waals surface area contributed by atoms with Crippen molar-refractivity contribution in [3.05, 3.63) is 0 Å². The van der Waals surface area contributed by atoms with Crippen molar-refractivity contribution in [2.24, 2.45) is 5.92 Å². The van der Waals surface area contributed by atoms with Gasteiger partial charge in [0.1, 0.15) is 0 Å². The maximum Gasteiger partial charge on any atom is 0.223 e. The molecule has 0 saturated carbocycles. The van der Waals surface area contributed by atoms with Crippen LogP contribution in [0.1, 0.15) is 26.2 Å². The Morgan fingerprint density at radius 2 is 2.20 bits per heavy atom. The van der Waals surface area contributed by atoms with E-state index in [0.717, 1.165) is 32.5 Å². The fraction of sp³-hybridized carbons (Fsp3) is 0.818. The van der Waals surface area contributed by atoms with E-state index in [1.165, 1.54) is 0 Å². The lowest BCUT2D eigenvalue weighted by atomic mass is 9.96. The quantitative estimate of drug-likeness (QED) is 0.743. The van der Waals surface area contributed by atoms with Crippen LogP contribution in [-0.4, -0.2) is 37.0 Å². The Morgan fingerprint density at radius 3 is 2.73 bits per heavy atom. The molecule has 1 rings (SSSR count). The summed E-state index contributed by atoms with van der Waals surface area (Å²) in [5.41, 5.74) is 0. The lowest BCUT2D eigenvalue weighted by molar-refractivity contribution is -0.126. The van der Waals surface area contributed by atoms with Crippen molar-refractivity contribution in [2.45, 2.75) is 26.2 Å². The summed E-state index contributed by atoms with van der Waals surface area (Å²) in [6, 6.07) is 2.15. The van der Waals surface area contributed by atoms with Crippen molar-refractivity contribution >= 4 is 5.91 Å². The summed E-state index contributed by atoms with van der Waals surface area (Å²) in [6.07, 6.45) is 2.44. The van der Waals surface area contributed by atoms with Crippen LogP contribution in [0.3, 0.4) is 0 Å². The van der Waals surface area contributed by atoms with E-state index >= 15 is 0 Å². The molecular formula is C11H19N3O. The summed E-state index contributed by atoms with van der Waals surface area (Å²) in [5.74, 6) is 0.376. The van der Waals surface area contributed by atoms with Crippen LogP contribution in [0.15, 0.2) is 0 Å². The van der Waals surface area contributed by atoms with Gasteiger partial charge in [-0.3, -0.25) is 4.79 Å². The third-order valence-electron chi connectivity index (χ3n) is 2.85. The highest BCUT2D eigenvalue weighted by atomic mass is 16.1. The van der Waals surface area contributed by atoms with Gasteiger partial charge >= 0.3 is 0 Å². The molecule has 1 saturated heterocycles. The van der Waals surface area contributed by atoms with Gasteiger partial charge in [0.05, 0.1) is 6.07 Å². The molecular weight excluding hydrogens is 190 g/mol. The van der Waals surface area contributed by atoms with Gasteiger partial charge in [-0.15, -0.1) is 0 Å². The normalized spacial score (nSPS) is 18.4. The van der Waals surface area contributed by atoms with Gasteiger partial charge in [0.25, 0.3) is 0 Å². The van der Waals surface area contributed by atoms with E-state index in [2.05, 4.69) is 16.3 Å². The topological polar surface area (TPSA) is 56.1 Å². The maximum atomic E-state index is 11.5. The number of piperidine rings is 1. The minimum atomic E-state index is 0.184. The third kappa shape index (κ3) is 3.88. The van der Waals surface area contributed by atoms with Crippen LogP contribution in [0.2, 0.25) is 0 Å². The number of hydrogen-bond donors (Lipinski definition) is 1. The van der Waals surface area contributed by atoms with E-state index < -0.39 is 0 Å². The molecule has 1 fully saturated rings. The molecule has 0 spiro atoms. The number of rotatable bonds is 4. The van der Waals surface area contributed by atoms with E-state index in [-0.39, 0.29) is 11.8 Å². The van der Waals surface area contributed by atoms with Crippen LogP contribution in [0.5, 0.6) is 0 Å². The van der Waals surface area contributed by atoms with Crippen molar-refractivity contribution in [1.29, 1.82) is 5.26 Å². The fourth-order valence-corrected chi connectivity index (χ4v) is 1.95. The van der Waals surface area contributed by atoms with Crippen LogP contribution in [0.25, 0.3) is 0 Å². The molecule has 1 N–H and O–H groups in total. The first-order valence-electron chi connectivity index (χ1n) is 5.65. The monoisotopic (exact) mass is 209 g/mol. The Kier molecular flexibility index (Phi) is 5.13. The molecule has 0 unspecified atom stereocenters. The van der Waals surface area contributed by atoms with Gasteiger partial charge in [0.2, 0.25) is 5.91 Å². The molecule has 4 heteroatoms. The zero-order chi connectivity index (χ0) is 11.1. The largest absolute Gasteiger partial charge is 0.356 e. The highest BCUT2D eigenvalue weighted by Gasteiger charge is 2.23. The summed E-state index contributed by atoms with van der Waals surface area (Å²) in [5, 5.41) is 11.3. The van der Waals surface area contributed by atoms with Crippen LogP contribution >= 0.6 is 0 Å². The zero-order valence-electron chi connectivity index (χ0n) is 9.33. The molecule has 0 aromatic heterocycles. The molecule has 0 aromatic carbocycles. The Bertz CT molecular complexity index is 239. The number of carbonyl (C=O) groups excluding carboxylic acids is 1. The fourth-order valence-electron chi connectivity index (χ4n) is 1.95. The van der Waals surface area contributed by atoms with Crippen molar-refractivity contribution in [1.82, 2.24) is 10.2 Å². The van der Waals surface area contributed by atoms with Crippen molar-refractivity contribution in [3.63, 3.8) is 0 Å². The second kappa shape index (κ2) is 6.41. The number of hydrogen-bond acceptors (Lipinski definition) is 3. The molecule has 15 heavy (non-hydrogen) atoms. The predicted molar refractivity (Wildman–Crippen MR) is 58.1 cm³/mol. The van der Waals surface area contributed by atoms with Crippen LogP contribution in [0.4, 0.5) is 0 Å². The first kappa shape index (κ1) is 12.0. The first-order chi connectivity index (χ1) is 7.27. The lowest BCUT2D eigenvalue weighted by Gasteiger charge is -2.30. The first-order valence-corrected chi connectivity index (χ1v) is 5.65. The molecule has 1 aliphatic heterocycles. The van der Waals surface area contributed by atoms with Crippen LogP contribution in [-0.2, 0) is 4.79 Å². The smallest absolute Gasteiger partial charge is 0.223 e. The number of carbonyl (C=O) groups is 1. The second-order valence-electron chi connectivity index (χ2n) is 3.92. The molecule has 1 amide bonds. The molecule has 1 heterocycles. The molecule has 0 atom stereocenters. The number of nitrogens with one attached hydrogen (secondary N) is 1. The van der Waals surface area contributed by atoms with Gasteiger partial charge in [0.15, 0.2) is 0 Å². The molecule has 84 valence electrons. The molecule has 0 aliphatic carbocycles. The average molecular weight is 209 g/mol. The van der Waals surface area contributed by atoms with E-state index in [1.54, 1.807) is 0 Å². The van der Waals surface area contributed by atoms with E-state index in [1.807, 2.05) is 6.92 Å². The Balaban J connectivity index is 2.23. The minimum Gasteiger partial charge on any atom is -0.356 e. The number of nitrogens with zero attached hydrogens (tertiary/aromatic N) is 2. The average Bonchev–Trinajstić information content (AvgIpc) is 2.27. The summed E-state index contributed by atoms with van der Waals surface area (Å²) in [4.78, 5) is 13.8. The number of likely N-dealkylation sites (tertiary alicyclic amines) is 1. The molecule has 0 aromatic rings. The van der Waals surface area contributed by atoms with Crippen molar-refractivity contribution in [3.8, 4) is 6.07 Å². The Labute approximate surface area is 91.2 Å². The SMILES string of the molecule is CCNC(=O)C1CCN(CCC#N)CC1. The van der Waals surface area contributed by atoms with Crippen molar-refractivity contribution in [2.75, 3.05) is 26.2 Å². The van der Waals surface area contributed by atoms with Crippen molar-refractivity contribution < 1.29 is 4.79 Å². The maximum absolute atomic E-state index is 11.5. The minimum absolute atomic E-state index is 0.184. The van der Waals surface area contributed by atoms with Gasteiger partial charge < -0.3 is 10.2 Å². The summed E-state index contributed by atoms with van der Waals surface area (Å²) >= 11 is 0. The van der Waals surface area contributed by atoms with E-state index in [9.17, 15) is 4.79 Å². The highest BCUT2D eigenvalue weighted by molar-refractivity contribution is 5.78. The van der Waals surface area contributed by atoms with Gasteiger partial charge in [-0.05, 0) is 32.9 Å². The Morgan fingerprint density at radius 1 is 1.53 bits per heavy atom.